The summed E-state index contributed by atoms with van der Waals surface area (Å²) in [6.45, 7) is 0.614. The zero-order valence-electron chi connectivity index (χ0n) is 7.85. The minimum atomic E-state index is -0.989. The largest absolute Gasteiger partial charge is 0.396 e. The van der Waals surface area contributed by atoms with Crippen LogP contribution < -0.4 is 0 Å². The molecular weight excluding hydrogens is 176 g/mol. The third-order valence-electron chi connectivity index (χ3n) is 1.53. The molecule has 0 aliphatic rings. The summed E-state index contributed by atoms with van der Waals surface area (Å²) in [6, 6.07) is 0. The van der Waals surface area contributed by atoms with Gasteiger partial charge >= 0.3 is 0 Å². The van der Waals surface area contributed by atoms with Crippen molar-refractivity contribution < 1.29 is 24.8 Å². The van der Waals surface area contributed by atoms with E-state index in [1.54, 1.807) is 0 Å². The summed E-state index contributed by atoms with van der Waals surface area (Å²) < 4.78 is 9.59. The lowest BCUT2D eigenvalue weighted by atomic mass is 10.2. The molecule has 0 spiro atoms. The average molecular weight is 194 g/mol. The summed E-state index contributed by atoms with van der Waals surface area (Å²) in [6.07, 6.45) is -1.34. The van der Waals surface area contributed by atoms with Gasteiger partial charge in [0.15, 0.2) is 6.29 Å². The van der Waals surface area contributed by atoms with Crippen molar-refractivity contribution in [1.82, 2.24) is 0 Å². The van der Waals surface area contributed by atoms with Crippen LogP contribution in [0, 0.1) is 0 Å². The summed E-state index contributed by atoms with van der Waals surface area (Å²) in [7, 11) is 1.54. The van der Waals surface area contributed by atoms with Gasteiger partial charge in [-0.2, -0.15) is 0 Å². The predicted octanol–water partition coefficient (Wildman–Crippen LogP) is -0.899. The number of aliphatic hydroxyl groups excluding tert-OH is 3. The average Bonchev–Trinajstić information content (AvgIpc) is 2.05. The topological polar surface area (TPSA) is 79.2 Å². The van der Waals surface area contributed by atoms with E-state index >= 15 is 0 Å². The van der Waals surface area contributed by atoms with Crippen LogP contribution >= 0.6 is 0 Å². The Morgan fingerprint density at radius 3 is 2.46 bits per heavy atom. The molecule has 13 heavy (non-hydrogen) atoms. The first kappa shape index (κ1) is 12.8. The van der Waals surface area contributed by atoms with Crippen LogP contribution in [0.1, 0.15) is 12.8 Å². The van der Waals surface area contributed by atoms with Crippen LogP contribution in [0.15, 0.2) is 0 Å². The molecule has 0 aliphatic heterocycles. The summed E-state index contributed by atoms with van der Waals surface area (Å²) in [5.74, 6) is 0. The Bertz CT molecular complexity index is 109. The fourth-order valence-electron chi connectivity index (χ4n) is 0.835. The van der Waals surface area contributed by atoms with E-state index in [2.05, 4.69) is 0 Å². The van der Waals surface area contributed by atoms with Crippen LogP contribution in [0.3, 0.4) is 0 Å². The predicted molar refractivity (Wildman–Crippen MR) is 46.2 cm³/mol. The quantitative estimate of drug-likeness (QED) is 0.345. The van der Waals surface area contributed by atoms with E-state index in [-0.39, 0.29) is 19.4 Å². The fourth-order valence-corrected chi connectivity index (χ4v) is 0.835. The highest BCUT2D eigenvalue weighted by atomic mass is 16.6. The molecule has 2 atom stereocenters. The lowest BCUT2D eigenvalue weighted by Gasteiger charge is -2.15. The second-order valence-corrected chi connectivity index (χ2v) is 2.72. The van der Waals surface area contributed by atoms with Gasteiger partial charge in [-0.05, 0) is 6.42 Å². The number of hydrogen-bond acceptors (Lipinski definition) is 5. The van der Waals surface area contributed by atoms with Crippen molar-refractivity contribution in [3.8, 4) is 0 Å². The summed E-state index contributed by atoms with van der Waals surface area (Å²) in [5.41, 5.74) is 0. The van der Waals surface area contributed by atoms with E-state index in [4.69, 9.17) is 24.8 Å². The van der Waals surface area contributed by atoms with E-state index in [0.717, 1.165) is 0 Å². The molecule has 3 N–H and O–H groups in total. The molecular formula is C8H18O5. The van der Waals surface area contributed by atoms with Gasteiger partial charge in [-0.1, -0.05) is 0 Å². The third-order valence-corrected chi connectivity index (χ3v) is 1.53. The van der Waals surface area contributed by atoms with Gasteiger partial charge in [0.1, 0.15) is 0 Å². The highest BCUT2D eigenvalue weighted by Gasteiger charge is 2.11. The van der Waals surface area contributed by atoms with E-state index in [0.29, 0.717) is 13.2 Å². The highest BCUT2D eigenvalue weighted by Crippen LogP contribution is 2.02. The minimum absolute atomic E-state index is 0.0913. The second-order valence-electron chi connectivity index (χ2n) is 2.72. The van der Waals surface area contributed by atoms with Crippen molar-refractivity contribution in [3.63, 3.8) is 0 Å². The first-order valence-corrected chi connectivity index (χ1v) is 4.28. The molecule has 0 heterocycles. The molecule has 0 aromatic rings. The Kier molecular flexibility index (Phi) is 8.27. The third kappa shape index (κ3) is 8.14. The van der Waals surface area contributed by atoms with E-state index in [9.17, 15) is 0 Å². The van der Waals surface area contributed by atoms with Crippen molar-refractivity contribution in [2.24, 2.45) is 0 Å². The Hall–Kier alpha value is -0.200. The summed E-state index contributed by atoms with van der Waals surface area (Å²) in [4.78, 5) is 0. The van der Waals surface area contributed by atoms with Crippen LogP contribution in [-0.2, 0) is 9.47 Å². The number of methoxy groups -OCH3 is 1. The maximum absolute atomic E-state index is 9.15. The number of hydrogen-bond donors (Lipinski definition) is 3. The fraction of sp³-hybridized carbons (Fsp3) is 1.00. The van der Waals surface area contributed by atoms with Crippen molar-refractivity contribution in [2.75, 3.05) is 26.9 Å². The van der Waals surface area contributed by atoms with Gasteiger partial charge in [-0.3, -0.25) is 0 Å². The van der Waals surface area contributed by atoms with Gasteiger partial charge < -0.3 is 24.8 Å². The monoisotopic (exact) mass is 194 g/mol. The number of ether oxygens (including phenoxy) is 2. The lowest BCUT2D eigenvalue weighted by Crippen LogP contribution is -2.22. The van der Waals surface area contributed by atoms with E-state index in [1.807, 2.05) is 0 Å². The van der Waals surface area contributed by atoms with Gasteiger partial charge in [0, 0.05) is 20.1 Å². The first-order chi connectivity index (χ1) is 6.20. The van der Waals surface area contributed by atoms with Crippen molar-refractivity contribution >= 4 is 0 Å². The van der Waals surface area contributed by atoms with Gasteiger partial charge in [-0.15, -0.1) is 0 Å². The molecule has 0 aliphatic carbocycles. The van der Waals surface area contributed by atoms with Crippen LogP contribution in [0.2, 0.25) is 0 Å². The number of aliphatic hydroxyl groups is 3. The molecule has 0 bridgehead atoms. The van der Waals surface area contributed by atoms with Crippen LogP contribution in [0.5, 0.6) is 0 Å². The highest BCUT2D eigenvalue weighted by molar-refractivity contribution is 4.56. The Labute approximate surface area is 77.9 Å². The molecule has 5 nitrogen and oxygen atoms in total. The van der Waals surface area contributed by atoms with Crippen LogP contribution in [-0.4, -0.2) is 54.6 Å². The van der Waals surface area contributed by atoms with Crippen molar-refractivity contribution in [2.45, 2.75) is 25.2 Å². The lowest BCUT2D eigenvalue weighted by molar-refractivity contribution is -0.128. The molecule has 0 saturated heterocycles. The molecule has 80 valence electrons. The summed E-state index contributed by atoms with van der Waals surface area (Å²) >= 11 is 0. The molecule has 0 radical (unpaired) electrons. The maximum atomic E-state index is 9.15. The van der Waals surface area contributed by atoms with Crippen molar-refractivity contribution in [3.05, 3.63) is 0 Å². The molecule has 0 aromatic heterocycles. The SMILES string of the molecule is COCCOC(O)CC(O)CCO. The molecule has 0 aromatic carbocycles. The van der Waals surface area contributed by atoms with Gasteiger partial charge in [-0.25, -0.2) is 0 Å². The molecule has 0 fully saturated rings. The summed E-state index contributed by atoms with van der Waals surface area (Å²) in [5, 5.41) is 26.8. The first-order valence-electron chi connectivity index (χ1n) is 4.28. The Morgan fingerprint density at radius 2 is 1.92 bits per heavy atom. The molecule has 5 heteroatoms. The molecule has 0 saturated carbocycles. The van der Waals surface area contributed by atoms with Crippen molar-refractivity contribution in [1.29, 1.82) is 0 Å². The Balaban J connectivity index is 3.32. The molecule has 2 unspecified atom stereocenters. The molecule has 0 amide bonds. The zero-order valence-corrected chi connectivity index (χ0v) is 7.85. The molecule has 0 rings (SSSR count). The van der Waals surface area contributed by atoms with Gasteiger partial charge in [0.05, 0.1) is 19.3 Å². The smallest absolute Gasteiger partial charge is 0.157 e. The second kappa shape index (κ2) is 8.40. The van der Waals surface area contributed by atoms with Gasteiger partial charge in [0.2, 0.25) is 0 Å². The maximum Gasteiger partial charge on any atom is 0.157 e. The normalized spacial score (nSPS) is 15.7. The number of rotatable bonds is 8. The minimum Gasteiger partial charge on any atom is -0.396 e. The van der Waals surface area contributed by atoms with Gasteiger partial charge in [0.25, 0.3) is 0 Å². The van der Waals surface area contributed by atoms with Crippen LogP contribution in [0.25, 0.3) is 0 Å². The Morgan fingerprint density at radius 1 is 1.23 bits per heavy atom. The standard InChI is InChI=1S/C8H18O5/c1-12-4-5-13-8(11)6-7(10)2-3-9/h7-11H,2-6H2,1H3. The van der Waals surface area contributed by atoms with Crippen LogP contribution in [0.4, 0.5) is 0 Å². The van der Waals surface area contributed by atoms with E-state index < -0.39 is 12.4 Å². The van der Waals surface area contributed by atoms with E-state index in [1.165, 1.54) is 7.11 Å². The zero-order chi connectivity index (χ0) is 10.1.